The summed E-state index contributed by atoms with van der Waals surface area (Å²) in [4.78, 5) is 0.793. The lowest BCUT2D eigenvalue weighted by molar-refractivity contribution is 0.231. The van der Waals surface area contributed by atoms with Gasteiger partial charge in [-0.1, -0.05) is 43.6 Å². The number of thiol groups is 1. The van der Waals surface area contributed by atoms with Gasteiger partial charge in [-0.05, 0) is 41.5 Å². The molecule has 2 rings (SSSR count). The Balaban J connectivity index is 2.14. The molecule has 5 heteroatoms. The van der Waals surface area contributed by atoms with Gasteiger partial charge in [-0.15, -0.1) is 12.6 Å². The third kappa shape index (κ3) is 5.44. The van der Waals surface area contributed by atoms with Crippen LogP contribution < -0.4 is 9.47 Å². The van der Waals surface area contributed by atoms with Gasteiger partial charge in [-0.3, -0.25) is 0 Å². The van der Waals surface area contributed by atoms with Gasteiger partial charge < -0.3 is 14.6 Å². The molecule has 0 radical (unpaired) electrons. The van der Waals surface area contributed by atoms with Crippen molar-refractivity contribution in [3.63, 3.8) is 0 Å². The maximum absolute atomic E-state index is 8.85. The fourth-order valence-electron chi connectivity index (χ4n) is 2.59. The molecule has 0 heterocycles. The zero-order chi connectivity index (χ0) is 19.0. The number of rotatable bonds is 9. The van der Waals surface area contributed by atoms with Gasteiger partial charge in [0.1, 0.15) is 18.1 Å². The molecule has 140 valence electrons. The quantitative estimate of drug-likeness (QED) is 0.455. The van der Waals surface area contributed by atoms with Crippen LogP contribution in [0.2, 0.25) is 0 Å². The van der Waals surface area contributed by atoms with E-state index in [1.165, 1.54) is 11.1 Å². The number of hydrogen-bond donors (Lipinski definition) is 2. The highest BCUT2D eigenvalue weighted by Gasteiger charge is 2.24. The van der Waals surface area contributed by atoms with Crippen LogP contribution in [0.15, 0.2) is 59.0 Å². The van der Waals surface area contributed by atoms with Crippen LogP contribution in [-0.4, -0.2) is 24.9 Å². The van der Waals surface area contributed by atoms with Gasteiger partial charge >= 0.3 is 0 Å². The highest BCUT2D eigenvalue weighted by molar-refractivity contribution is 7.80. The maximum Gasteiger partial charge on any atom is 0.132 e. The van der Waals surface area contributed by atoms with E-state index in [4.69, 9.17) is 26.2 Å². The monoisotopic (exact) mass is 392 g/mol. The summed E-state index contributed by atoms with van der Waals surface area (Å²) in [7, 11) is 0. The van der Waals surface area contributed by atoms with Gasteiger partial charge in [-0.2, -0.15) is 0 Å². The number of aliphatic hydroxyl groups excluding tert-OH is 1. The second-order valence-electron chi connectivity index (χ2n) is 6.43. The third-order valence-electron chi connectivity index (χ3n) is 4.25. The van der Waals surface area contributed by atoms with E-state index in [2.05, 4.69) is 44.7 Å². The molecule has 2 aromatic carbocycles. The number of benzene rings is 2. The van der Waals surface area contributed by atoms with E-state index in [9.17, 15) is 0 Å². The largest absolute Gasteiger partial charge is 0.492 e. The van der Waals surface area contributed by atoms with Crippen molar-refractivity contribution in [1.29, 1.82) is 0 Å². The van der Waals surface area contributed by atoms with E-state index in [1.54, 1.807) is 6.08 Å². The minimum Gasteiger partial charge on any atom is -0.492 e. The summed E-state index contributed by atoms with van der Waals surface area (Å²) in [6, 6.07) is 14.1. The second-order valence-corrected chi connectivity index (χ2v) is 7.16. The van der Waals surface area contributed by atoms with Crippen molar-refractivity contribution < 1.29 is 14.6 Å². The van der Waals surface area contributed by atoms with Gasteiger partial charge in [0.2, 0.25) is 0 Å². The lowest BCUT2D eigenvalue weighted by Gasteiger charge is -2.27. The Bertz CT molecular complexity index is 727. The minimum absolute atomic E-state index is 0.120. The zero-order valence-electron chi connectivity index (χ0n) is 15.1. The fourth-order valence-corrected chi connectivity index (χ4v) is 2.94. The molecule has 26 heavy (non-hydrogen) atoms. The normalized spacial score (nSPS) is 11.7. The van der Waals surface area contributed by atoms with Crippen LogP contribution in [0.3, 0.4) is 0 Å². The lowest BCUT2D eigenvalue weighted by Crippen LogP contribution is -2.19. The molecule has 3 nitrogen and oxygen atoms in total. The first-order valence-electron chi connectivity index (χ1n) is 8.54. The molecule has 0 aliphatic heterocycles. The van der Waals surface area contributed by atoms with Crippen LogP contribution in [0.5, 0.6) is 11.5 Å². The van der Waals surface area contributed by atoms with E-state index in [0.717, 1.165) is 22.0 Å². The molecule has 0 unspecified atom stereocenters. The van der Waals surface area contributed by atoms with E-state index in [1.807, 2.05) is 24.3 Å². The summed E-state index contributed by atoms with van der Waals surface area (Å²) in [5.41, 5.74) is 3.59. The van der Waals surface area contributed by atoms with Crippen LogP contribution >= 0.6 is 24.2 Å². The van der Waals surface area contributed by atoms with Crippen LogP contribution in [0.1, 0.15) is 31.4 Å². The highest BCUT2D eigenvalue weighted by atomic mass is 35.5. The molecule has 0 aliphatic rings. The Morgan fingerprint density at radius 3 is 2.38 bits per heavy atom. The van der Waals surface area contributed by atoms with Crippen molar-refractivity contribution in [3.05, 3.63) is 65.2 Å². The van der Waals surface area contributed by atoms with Crippen LogP contribution in [0.4, 0.5) is 0 Å². The summed E-state index contributed by atoms with van der Waals surface area (Å²) in [5, 5.41) is 8.85. The molecular formula is C21H25ClO3S. The van der Waals surface area contributed by atoms with E-state index in [0.29, 0.717) is 19.6 Å². The van der Waals surface area contributed by atoms with Gasteiger partial charge in [0.15, 0.2) is 0 Å². The third-order valence-corrected chi connectivity index (χ3v) is 4.78. The molecule has 2 aromatic rings. The SMILES string of the molecule is CC(C)(c1ccc(OC/C=C/Cl)cc1)c1ccc(OCCCO)c(S)c1. The first-order valence-corrected chi connectivity index (χ1v) is 9.43. The number of aliphatic hydroxyl groups is 1. The van der Waals surface area contributed by atoms with Crippen molar-refractivity contribution in [2.75, 3.05) is 19.8 Å². The number of ether oxygens (including phenoxy) is 2. The second kappa shape index (κ2) is 9.91. The predicted molar refractivity (Wildman–Crippen MR) is 110 cm³/mol. The van der Waals surface area contributed by atoms with Gasteiger partial charge in [0.05, 0.1) is 6.61 Å². The number of hydrogen-bond acceptors (Lipinski definition) is 4. The van der Waals surface area contributed by atoms with Crippen molar-refractivity contribution in [3.8, 4) is 11.5 Å². The lowest BCUT2D eigenvalue weighted by atomic mass is 9.78. The van der Waals surface area contributed by atoms with E-state index < -0.39 is 0 Å². The summed E-state index contributed by atoms with van der Waals surface area (Å²) >= 11 is 10.0. The molecule has 0 saturated carbocycles. The Hall–Kier alpha value is -1.62. The molecule has 0 bridgehead atoms. The van der Waals surface area contributed by atoms with E-state index >= 15 is 0 Å². The molecule has 0 amide bonds. The van der Waals surface area contributed by atoms with E-state index in [-0.39, 0.29) is 12.0 Å². The molecule has 0 fully saturated rings. The average Bonchev–Trinajstić information content (AvgIpc) is 2.64. The molecule has 0 aliphatic carbocycles. The maximum atomic E-state index is 8.85. The molecule has 0 atom stereocenters. The summed E-state index contributed by atoms with van der Waals surface area (Å²) in [6.07, 6.45) is 2.35. The Morgan fingerprint density at radius 2 is 1.77 bits per heavy atom. The number of halogens is 1. The Labute approximate surface area is 166 Å². The van der Waals surface area contributed by atoms with Crippen molar-refractivity contribution >= 4 is 24.2 Å². The van der Waals surface area contributed by atoms with Crippen molar-refractivity contribution in [2.45, 2.75) is 30.6 Å². The topological polar surface area (TPSA) is 38.7 Å². The van der Waals surface area contributed by atoms with Crippen LogP contribution in [-0.2, 0) is 5.41 Å². The minimum atomic E-state index is -0.185. The first kappa shape index (κ1) is 20.7. The fraction of sp³-hybridized carbons (Fsp3) is 0.333. The summed E-state index contributed by atoms with van der Waals surface area (Å²) < 4.78 is 11.2. The van der Waals surface area contributed by atoms with Gasteiger partial charge in [-0.25, -0.2) is 0 Å². The van der Waals surface area contributed by atoms with Crippen LogP contribution in [0, 0.1) is 0 Å². The smallest absolute Gasteiger partial charge is 0.132 e. The average molecular weight is 393 g/mol. The summed E-state index contributed by atoms with van der Waals surface area (Å²) in [5.74, 6) is 1.54. The molecule has 1 N–H and O–H groups in total. The highest BCUT2D eigenvalue weighted by Crippen LogP contribution is 2.35. The molecule has 0 aromatic heterocycles. The molecule has 0 spiro atoms. The Kier molecular flexibility index (Phi) is 7.88. The molecule has 0 saturated heterocycles. The van der Waals surface area contributed by atoms with Crippen molar-refractivity contribution in [2.24, 2.45) is 0 Å². The zero-order valence-corrected chi connectivity index (χ0v) is 16.8. The molecular weight excluding hydrogens is 368 g/mol. The predicted octanol–water partition coefficient (Wildman–Crippen LogP) is 5.19. The summed E-state index contributed by atoms with van der Waals surface area (Å²) in [6.45, 7) is 5.40. The van der Waals surface area contributed by atoms with Crippen LogP contribution in [0.25, 0.3) is 0 Å². The van der Waals surface area contributed by atoms with Gasteiger partial charge in [0.25, 0.3) is 0 Å². The van der Waals surface area contributed by atoms with Gasteiger partial charge in [0, 0.05) is 28.9 Å². The van der Waals surface area contributed by atoms with Crippen molar-refractivity contribution in [1.82, 2.24) is 0 Å². The first-order chi connectivity index (χ1) is 12.5. The standard InChI is InChI=1S/C21H25ClO3S/c1-21(2,16-5-8-18(9-6-16)24-13-3-11-22)17-7-10-19(20(26)15-17)25-14-4-12-23/h3,5-11,15,23,26H,4,12-14H2,1-2H3/b11-3+. The Morgan fingerprint density at radius 1 is 1.08 bits per heavy atom.